The van der Waals surface area contributed by atoms with Crippen LogP contribution in [-0.2, 0) is 21.4 Å². The van der Waals surface area contributed by atoms with Crippen molar-refractivity contribution in [3.63, 3.8) is 0 Å². The molecule has 0 amide bonds. The van der Waals surface area contributed by atoms with E-state index in [9.17, 15) is 10.1 Å². The highest BCUT2D eigenvalue weighted by molar-refractivity contribution is 6.02. The van der Waals surface area contributed by atoms with Gasteiger partial charge < -0.3 is 9.64 Å². The number of carbonyl (C=O) groups excluding carboxylic acids is 1. The third-order valence-corrected chi connectivity index (χ3v) is 8.32. The van der Waals surface area contributed by atoms with Crippen LogP contribution < -0.4 is 4.90 Å². The summed E-state index contributed by atoms with van der Waals surface area (Å²) >= 11 is 0. The largest absolute Gasteiger partial charge is 0.378 e. The molecule has 3 aliphatic rings. The van der Waals surface area contributed by atoms with Crippen LogP contribution in [-0.4, -0.2) is 41.9 Å². The fourth-order valence-corrected chi connectivity index (χ4v) is 6.47. The Labute approximate surface area is 211 Å². The van der Waals surface area contributed by atoms with Gasteiger partial charge in [-0.25, -0.2) is 4.68 Å². The van der Waals surface area contributed by atoms with Gasteiger partial charge >= 0.3 is 0 Å². The van der Waals surface area contributed by atoms with Crippen molar-refractivity contribution in [2.24, 2.45) is 11.8 Å². The Kier molecular flexibility index (Phi) is 5.54. The van der Waals surface area contributed by atoms with Crippen LogP contribution in [0.4, 0.5) is 5.82 Å². The van der Waals surface area contributed by atoms with Gasteiger partial charge in [-0.15, -0.1) is 5.10 Å². The van der Waals surface area contributed by atoms with Gasteiger partial charge in [0.1, 0.15) is 6.07 Å². The number of nitrogens with zero attached hydrogens (tertiary/aromatic N) is 4. The van der Waals surface area contributed by atoms with Gasteiger partial charge in [-0.1, -0.05) is 62.4 Å². The van der Waals surface area contributed by atoms with Crippen LogP contribution in [0.15, 0.2) is 66.2 Å². The van der Waals surface area contributed by atoms with E-state index >= 15 is 0 Å². The van der Waals surface area contributed by atoms with Gasteiger partial charge in [0, 0.05) is 30.0 Å². The minimum atomic E-state index is -0.457. The molecule has 6 nitrogen and oxygen atoms in total. The summed E-state index contributed by atoms with van der Waals surface area (Å²) in [6.45, 7) is 7.18. The van der Waals surface area contributed by atoms with E-state index in [-0.39, 0.29) is 23.2 Å². The number of nitriles is 1. The summed E-state index contributed by atoms with van der Waals surface area (Å²) < 4.78 is 7.69. The Morgan fingerprint density at radius 1 is 1.06 bits per heavy atom. The molecule has 36 heavy (non-hydrogen) atoms. The Hall–Kier alpha value is -3.69. The van der Waals surface area contributed by atoms with Crippen molar-refractivity contribution < 1.29 is 9.53 Å². The summed E-state index contributed by atoms with van der Waals surface area (Å²) in [5.74, 6) is 0.913. The summed E-state index contributed by atoms with van der Waals surface area (Å²) in [5.41, 5.74) is 5.48. The molecule has 1 aromatic heterocycles. The van der Waals surface area contributed by atoms with Crippen LogP contribution >= 0.6 is 0 Å². The quantitative estimate of drug-likeness (QED) is 0.537. The minimum absolute atomic E-state index is 0.0323. The van der Waals surface area contributed by atoms with Crippen molar-refractivity contribution >= 4 is 11.6 Å². The van der Waals surface area contributed by atoms with Gasteiger partial charge in [-0.3, -0.25) is 4.79 Å². The lowest BCUT2D eigenvalue weighted by molar-refractivity contribution is -0.121. The van der Waals surface area contributed by atoms with E-state index in [4.69, 9.17) is 9.84 Å². The van der Waals surface area contributed by atoms with Gasteiger partial charge in [-0.2, -0.15) is 5.26 Å². The van der Waals surface area contributed by atoms with Crippen molar-refractivity contribution in [1.29, 1.82) is 5.26 Å². The molecule has 3 aromatic rings. The Bertz CT molecular complexity index is 1380. The second kappa shape index (κ2) is 8.76. The molecule has 0 bridgehead atoms. The van der Waals surface area contributed by atoms with Gasteiger partial charge in [0.15, 0.2) is 11.6 Å². The average Bonchev–Trinajstić information content (AvgIpc) is 3.33. The number of fused-ring (bicyclic) bond motifs is 3. The van der Waals surface area contributed by atoms with E-state index < -0.39 is 5.41 Å². The lowest BCUT2D eigenvalue weighted by atomic mass is 9.58. The number of benzene rings is 2. The Morgan fingerprint density at radius 2 is 1.75 bits per heavy atom. The second-order valence-corrected chi connectivity index (χ2v) is 10.3. The number of morpholine rings is 1. The highest BCUT2D eigenvalue weighted by Crippen LogP contribution is 2.52. The van der Waals surface area contributed by atoms with E-state index in [1.54, 1.807) is 0 Å². The van der Waals surface area contributed by atoms with Gasteiger partial charge in [0.2, 0.25) is 0 Å². The predicted molar refractivity (Wildman–Crippen MR) is 139 cm³/mol. The maximum absolute atomic E-state index is 12.9. The Balaban J connectivity index is 1.53. The number of Topliss-reactive ketones (excluding diaryl/α,β-unsaturated/α-hetero) is 1. The average molecular weight is 479 g/mol. The number of ether oxygens (including phenoxy) is 1. The molecule has 0 spiro atoms. The molecule has 2 aromatic carbocycles. The van der Waals surface area contributed by atoms with E-state index in [1.165, 1.54) is 11.1 Å². The zero-order valence-corrected chi connectivity index (χ0v) is 20.8. The molecule has 0 radical (unpaired) electrons. The normalized spacial score (nSPS) is 25.5. The lowest BCUT2D eigenvalue weighted by Gasteiger charge is -2.45. The molecule has 1 aliphatic heterocycles. The zero-order chi connectivity index (χ0) is 24.9. The highest BCUT2D eigenvalue weighted by atomic mass is 16.5. The summed E-state index contributed by atoms with van der Waals surface area (Å²) in [5, 5.41) is 15.0. The van der Waals surface area contributed by atoms with Crippen molar-refractivity contribution in [1.82, 2.24) is 9.78 Å². The number of rotatable bonds is 3. The monoisotopic (exact) mass is 478 g/mol. The first-order valence-electron chi connectivity index (χ1n) is 12.8. The molecule has 182 valence electrons. The minimum Gasteiger partial charge on any atom is -0.378 e. The molecule has 1 saturated heterocycles. The molecule has 2 heterocycles. The second-order valence-electron chi connectivity index (χ2n) is 10.3. The van der Waals surface area contributed by atoms with Crippen LogP contribution in [0.5, 0.6) is 0 Å². The lowest BCUT2D eigenvalue weighted by Crippen LogP contribution is -2.46. The first-order chi connectivity index (χ1) is 17.5. The molecular weight excluding hydrogens is 448 g/mol. The maximum Gasteiger partial charge on any atom is 0.176 e. The van der Waals surface area contributed by atoms with Gasteiger partial charge in [0.25, 0.3) is 0 Å². The van der Waals surface area contributed by atoms with Crippen molar-refractivity contribution in [3.8, 4) is 22.9 Å². The predicted octanol–water partition coefficient (Wildman–Crippen LogP) is 4.86. The number of aromatic nitrogens is 2. The summed E-state index contributed by atoms with van der Waals surface area (Å²) in [4.78, 5) is 15.2. The number of hydrogen-bond donors (Lipinski definition) is 0. The van der Waals surface area contributed by atoms with Crippen LogP contribution in [0.25, 0.3) is 16.8 Å². The van der Waals surface area contributed by atoms with Crippen molar-refractivity contribution in [2.45, 2.75) is 32.1 Å². The SMILES string of the molecule is C[C@H]1C(=O)C(C#N)=C[C@@]2(C)c3c(c(N4CCOCC4)nn3-c3ccc(-c4ccccc4)cc3)CC[C@H]12. The molecule has 0 unspecified atom stereocenters. The first kappa shape index (κ1) is 22.8. The summed E-state index contributed by atoms with van der Waals surface area (Å²) in [6.07, 6.45) is 3.71. The van der Waals surface area contributed by atoms with E-state index in [0.717, 1.165) is 48.7 Å². The summed E-state index contributed by atoms with van der Waals surface area (Å²) in [7, 11) is 0. The van der Waals surface area contributed by atoms with E-state index in [1.807, 2.05) is 31.2 Å². The fourth-order valence-electron chi connectivity index (χ4n) is 6.47. The Morgan fingerprint density at radius 3 is 2.44 bits per heavy atom. The summed E-state index contributed by atoms with van der Waals surface area (Å²) in [6, 6.07) is 21.1. The van der Waals surface area contributed by atoms with Crippen molar-refractivity contribution in [3.05, 3.63) is 77.5 Å². The molecule has 6 heteroatoms. The molecular formula is C30H30N4O2. The van der Waals surface area contributed by atoms with Gasteiger partial charge in [0.05, 0.1) is 30.2 Å². The fraction of sp³-hybridized carbons (Fsp3) is 0.367. The number of hydrogen-bond acceptors (Lipinski definition) is 5. The van der Waals surface area contributed by atoms with Crippen LogP contribution in [0.1, 0.15) is 31.5 Å². The number of carbonyl (C=O) groups is 1. The molecule has 2 aliphatic carbocycles. The molecule has 0 saturated carbocycles. The number of anilines is 1. The topological polar surface area (TPSA) is 71.2 Å². The number of ketones is 1. The number of allylic oxidation sites excluding steroid dienone is 2. The van der Waals surface area contributed by atoms with Gasteiger partial charge in [-0.05, 0) is 42.0 Å². The molecule has 3 atom stereocenters. The smallest absolute Gasteiger partial charge is 0.176 e. The molecule has 0 N–H and O–H groups in total. The maximum atomic E-state index is 12.9. The standard InChI is InChI=1S/C30H30N4O2/c1-20-26-13-12-25-28(30(26,2)18-23(19-31)27(20)35)34(32-29(25)33-14-16-36-17-15-33)24-10-8-22(9-11-24)21-6-4-3-5-7-21/h3-11,18,20,26H,12-17H2,1-2H3/t20-,26-,30-/m1/s1. The van der Waals surface area contributed by atoms with E-state index in [0.29, 0.717) is 13.2 Å². The van der Waals surface area contributed by atoms with E-state index in [2.05, 4.69) is 59.0 Å². The van der Waals surface area contributed by atoms with Crippen LogP contribution in [0.2, 0.25) is 0 Å². The molecule has 1 fully saturated rings. The van der Waals surface area contributed by atoms with Crippen LogP contribution in [0.3, 0.4) is 0 Å². The highest BCUT2D eigenvalue weighted by Gasteiger charge is 2.51. The third kappa shape index (κ3) is 3.50. The first-order valence-corrected chi connectivity index (χ1v) is 12.8. The molecule has 6 rings (SSSR count). The third-order valence-electron chi connectivity index (χ3n) is 8.32. The van der Waals surface area contributed by atoms with Crippen molar-refractivity contribution in [2.75, 3.05) is 31.2 Å². The zero-order valence-electron chi connectivity index (χ0n) is 20.8. The van der Waals surface area contributed by atoms with Crippen LogP contribution in [0, 0.1) is 23.2 Å².